The molecule has 0 unspecified atom stereocenters. The van der Waals surface area contributed by atoms with Gasteiger partial charge in [0.2, 0.25) is 0 Å². The molecular formula is C27H19BrClN3O3S. The monoisotopic (exact) mass is 579 g/mol. The third-order valence-corrected chi connectivity index (χ3v) is 7.49. The van der Waals surface area contributed by atoms with Gasteiger partial charge in [-0.05, 0) is 60.7 Å². The molecule has 0 atom stereocenters. The number of carbonyl (C=O) groups is 3. The zero-order chi connectivity index (χ0) is 25.2. The van der Waals surface area contributed by atoms with Crippen molar-refractivity contribution in [1.29, 1.82) is 0 Å². The topological polar surface area (TPSA) is 71.4 Å². The first kappa shape index (κ1) is 24.4. The van der Waals surface area contributed by atoms with Crippen LogP contribution in [-0.4, -0.2) is 28.2 Å². The Morgan fingerprint density at radius 1 is 0.944 bits per heavy atom. The number of anilines is 1. The van der Waals surface area contributed by atoms with Crippen LogP contribution in [0.1, 0.15) is 5.56 Å². The van der Waals surface area contributed by atoms with Crippen molar-refractivity contribution in [3.8, 4) is 0 Å². The van der Waals surface area contributed by atoms with Crippen molar-refractivity contribution in [2.24, 2.45) is 0 Å². The molecule has 4 aromatic rings. The van der Waals surface area contributed by atoms with E-state index in [1.807, 2.05) is 54.7 Å². The largest absolute Gasteiger partial charge is 0.346 e. The lowest BCUT2D eigenvalue weighted by molar-refractivity contribution is -0.122. The minimum absolute atomic E-state index is 0.101. The quantitative estimate of drug-likeness (QED) is 0.160. The summed E-state index contributed by atoms with van der Waals surface area (Å²) in [7, 11) is 0. The van der Waals surface area contributed by atoms with Gasteiger partial charge in [0.15, 0.2) is 0 Å². The standard InChI is InChI=1S/C27H19BrClN3O3S/c28-18-5-9-20(10-6-18)32-26(34)23(25(33)30-27(32)35)15-17-16-31(24-4-2-1-3-22(17)24)13-14-36-21-11-7-19(29)8-12-21/h1-12,15-16H,13-14H2,(H,30,33,35)/b23-15+. The van der Waals surface area contributed by atoms with Crippen molar-refractivity contribution < 1.29 is 14.4 Å². The maximum absolute atomic E-state index is 13.3. The van der Waals surface area contributed by atoms with Crippen LogP contribution in [0.5, 0.6) is 0 Å². The fourth-order valence-electron chi connectivity index (χ4n) is 4.01. The van der Waals surface area contributed by atoms with Gasteiger partial charge in [-0.3, -0.25) is 14.9 Å². The van der Waals surface area contributed by atoms with Crippen LogP contribution in [-0.2, 0) is 16.1 Å². The van der Waals surface area contributed by atoms with E-state index < -0.39 is 17.8 Å². The van der Waals surface area contributed by atoms with E-state index in [-0.39, 0.29) is 5.57 Å². The molecule has 1 aliphatic heterocycles. The highest BCUT2D eigenvalue weighted by atomic mass is 79.9. The number of hydrogen-bond acceptors (Lipinski definition) is 4. The molecule has 6 nitrogen and oxygen atoms in total. The second kappa shape index (κ2) is 10.3. The van der Waals surface area contributed by atoms with Crippen molar-refractivity contribution in [3.05, 3.63) is 99.6 Å². The van der Waals surface area contributed by atoms with Crippen LogP contribution in [0.25, 0.3) is 17.0 Å². The van der Waals surface area contributed by atoms with Crippen LogP contribution < -0.4 is 10.2 Å². The van der Waals surface area contributed by atoms with Gasteiger partial charge in [0.1, 0.15) is 5.57 Å². The summed E-state index contributed by atoms with van der Waals surface area (Å²) >= 11 is 11.0. The zero-order valence-electron chi connectivity index (χ0n) is 18.8. The molecule has 0 saturated carbocycles. The molecule has 1 saturated heterocycles. The van der Waals surface area contributed by atoms with Gasteiger partial charge in [-0.15, -0.1) is 11.8 Å². The molecule has 0 radical (unpaired) electrons. The van der Waals surface area contributed by atoms with Crippen LogP contribution in [0.2, 0.25) is 5.02 Å². The van der Waals surface area contributed by atoms with Crippen LogP contribution in [0.15, 0.2) is 93.9 Å². The third kappa shape index (κ3) is 4.97. The molecule has 2 heterocycles. The van der Waals surface area contributed by atoms with Gasteiger partial charge in [0, 0.05) is 49.4 Å². The number of fused-ring (bicyclic) bond motifs is 1. The van der Waals surface area contributed by atoms with Gasteiger partial charge in [0.05, 0.1) is 5.69 Å². The second-order valence-corrected chi connectivity index (χ2v) is 10.6. The molecule has 1 aromatic heterocycles. The van der Waals surface area contributed by atoms with E-state index in [1.165, 1.54) is 0 Å². The maximum Gasteiger partial charge on any atom is 0.335 e. The lowest BCUT2D eigenvalue weighted by Gasteiger charge is -2.26. The number of halogens is 2. The van der Waals surface area contributed by atoms with Crippen molar-refractivity contribution >= 4 is 79.8 Å². The Hall–Kier alpha value is -3.33. The number of urea groups is 1. The Morgan fingerprint density at radius 3 is 2.42 bits per heavy atom. The van der Waals surface area contributed by atoms with E-state index in [9.17, 15) is 14.4 Å². The Kier molecular flexibility index (Phi) is 7.00. The molecule has 0 aliphatic carbocycles. The fourth-order valence-corrected chi connectivity index (χ4v) is 5.25. The number of hydrogen-bond donors (Lipinski definition) is 1. The number of aromatic nitrogens is 1. The molecule has 3 aromatic carbocycles. The SMILES string of the molecule is O=C1NC(=O)N(c2ccc(Br)cc2)C(=O)/C1=C/c1cn(CCSc2ccc(Cl)cc2)c2ccccc12. The van der Waals surface area contributed by atoms with Gasteiger partial charge < -0.3 is 4.57 Å². The third-order valence-electron chi connectivity index (χ3n) is 5.72. The molecule has 0 bridgehead atoms. The minimum Gasteiger partial charge on any atom is -0.346 e. The summed E-state index contributed by atoms with van der Waals surface area (Å²) in [5.74, 6) is -0.559. The summed E-state index contributed by atoms with van der Waals surface area (Å²) in [5, 5.41) is 3.90. The molecule has 1 fully saturated rings. The normalized spacial score (nSPS) is 15.1. The van der Waals surface area contributed by atoms with Crippen LogP contribution in [0, 0.1) is 0 Å². The molecule has 1 aliphatic rings. The van der Waals surface area contributed by atoms with Crippen molar-refractivity contribution in [1.82, 2.24) is 9.88 Å². The minimum atomic E-state index is -0.772. The Labute approximate surface area is 225 Å². The van der Waals surface area contributed by atoms with Crippen molar-refractivity contribution in [2.45, 2.75) is 11.4 Å². The first-order valence-electron chi connectivity index (χ1n) is 11.0. The van der Waals surface area contributed by atoms with E-state index in [1.54, 1.807) is 42.1 Å². The number of amides is 4. The lowest BCUT2D eigenvalue weighted by Crippen LogP contribution is -2.54. The zero-order valence-corrected chi connectivity index (χ0v) is 21.9. The van der Waals surface area contributed by atoms with Crippen LogP contribution in [0.3, 0.4) is 0 Å². The summed E-state index contributed by atoms with van der Waals surface area (Å²) < 4.78 is 2.91. The molecule has 9 heteroatoms. The Balaban J connectivity index is 1.44. The average Bonchev–Trinajstić information content (AvgIpc) is 3.21. The number of aryl methyl sites for hydroxylation is 1. The second-order valence-electron chi connectivity index (χ2n) is 8.03. The van der Waals surface area contributed by atoms with Crippen molar-refractivity contribution in [2.75, 3.05) is 10.7 Å². The Morgan fingerprint density at radius 2 is 1.67 bits per heavy atom. The molecular weight excluding hydrogens is 562 g/mol. The molecule has 1 N–H and O–H groups in total. The number of nitrogens with zero attached hydrogens (tertiary/aromatic N) is 2. The molecule has 0 spiro atoms. The highest BCUT2D eigenvalue weighted by molar-refractivity contribution is 9.10. The van der Waals surface area contributed by atoms with Gasteiger partial charge in [-0.1, -0.05) is 45.7 Å². The van der Waals surface area contributed by atoms with Gasteiger partial charge in [-0.25, -0.2) is 9.69 Å². The number of imide groups is 2. The molecule has 36 heavy (non-hydrogen) atoms. The predicted molar refractivity (Wildman–Crippen MR) is 147 cm³/mol. The van der Waals surface area contributed by atoms with Gasteiger partial charge in [0.25, 0.3) is 11.8 Å². The van der Waals surface area contributed by atoms with E-state index in [2.05, 4.69) is 25.8 Å². The predicted octanol–water partition coefficient (Wildman–Crippen LogP) is 6.52. The van der Waals surface area contributed by atoms with Gasteiger partial charge >= 0.3 is 6.03 Å². The van der Waals surface area contributed by atoms with Crippen LogP contribution >= 0.6 is 39.3 Å². The highest BCUT2D eigenvalue weighted by Crippen LogP contribution is 2.28. The number of carbonyl (C=O) groups excluding carboxylic acids is 3. The number of benzene rings is 3. The number of rotatable bonds is 6. The first-order valence-corrected chi connectivity index (χ1v) is 13.2. The summed E-state index contributed by atoms with van der Waals surface area (Å²) in [6.45, 7) is 0.723. The number of nitrogens with one attached hydrogen (secondary N) is 1. The Bertz CT molecular complexity index is 1510. The van der Waals surface area contributed by atoms with E-state index in [0.717, 1.165) is 43.0 Å². The smallest absolute Gasteiger partial charge is 0.335 e. The lowest BCUT2D eigenvalue weighted by atomic mass is 10.1. The summed E-state index contributed by atoms with van der Waals surface area (Å²) in [6, 6.07) is 21.5. The summed E-state index contributed by atoms with van der Waals surface area (Å²) in [5.41, 5.74) is 1.99. The van der Waals surface area contributed by atoms with Gasteiger partial charge in [-0.2, -0.15) is 0 Å². The summed E-state index contributed by atoms with van der Waals surface area (Å²) in [4.78, 5) is 40.5. The maximum atomic E-state index is 13.3. The molecule has 180 valence electrons. The average molecular weight is 581 g/mol. The van der Waals surface area contributed by atoms with E-state index >= 15 is 0 Å². The van der Waals surface area contributed by atoms with Crippen LogP contribution in [0.4, 0.5) is 10.5 Å². The molecule has 4 amide bonds. The van der Waals surface area contributed by atoms with E-state index in [0.29, 0.717) is 10.7 Å². The van der Waals surface area contributed by atoms with E-state index in [4.69, 9.17) is 11.6 Å². The molecule has 5 rings (SSSR count). The number of thioether (sulfide) groups is 1. The number of para-hydroxylation sites is 1. The van der Waals surface area contributed by atoms with Crippen molar-refractivity contribution in [3.63, 3.8) is 0 Å². The summed E-state index contributed by atoms with van der Waals surface area (Å²) in [6.07, 6.45) is 3.49. The fraction of sp³-hybridized carbons (Fsp3) is 0.0741. The number of barbiturate groups is 1. The highest BCUT2D eigenvalue weighted by Gasteiger charge is 2.37. The first-order chi connectivity index (χ1) is 17.4.